The van der Waals surface area contributed by atoms with E-state index in [9.17, 15) is 28.9 Å². The van der Waals surface area contributed by atoms with Crippen LogP contribution in [0.2, 0.25) is 0 Å². The SMILES string of the molecule is CC/C=C\C/C=C\C/C=C\C/C=C\C/C=C\C/C=C\CCC(=O)OCC(COP(=O)(O)OCC(CO)OC(=O)CCCCCCCCCCCCCCCCCCC)OC(=O)CCCCCCCCCCCCCCCCCCC. The van der Waals surface area contributed by atoms with E-state index in [-0.39, 0.29) is 25.9 Å². The van der Waals surface area contributed by atoms with Gasteiger partial charge in [0.05, 0.1) is 19.8 Å². The summed E-state index contributed by atoms with van der Waals surface area (Å²) in [6.45, 7) is 4.51. The largest absolute Gasteiger partial charge is 0.472 e. The summed E-state index contributed by atoms with van der Waals surface area (Å²) in [5.41, 5.74) is 0. The number of aliphatic hydroxyl groups is 1. The Labute approximate surface area is 490 Å². The highest BCUT2D eigenvalue weighted by Gasteiger charge is 2.28. The van der Waals surface area contributed by atoms with Crippen LogP contribution in [0.4, 0.5) is 0 Å². The second-order valence-electron chi connectivity index (χ2n) is 21.9. The van der Waals surface area contributed by atoms with Crippen molar-refractivity contribution in [3.05, 3.63) is 72.9 Å². The first-order valence-electron chi connectivity index (χ1n) is 32.8. The van der Waals surface area contributed by atoms with Gasteiger partial charge in [-0.05, 0) is 57.8 Å². The molecule has 2 N–H and O–H groups in total. The number of unbranched alkanes of at least 4 members (excludes halogenated alkanes) is 32. The normalized spacial score (nSPS) is 13.7. The van der Waals surface area contributed by atoms with Crippen molar-refractivity contribution >= 4 is 25.7 Å². The maximum Gasteiger partial charge on any atom is 0.472 e. The smallest absolute Gasteiger partial charge is 0.462 e. The van der Waals surface area contributed by atoms with E-state index in [1.54, 1.807) is 0 Å². The Morgan fingerprint density at radius 1 is 0.362 bits per heavy atom. The number of ether oxygens (including phenoxy) is 3. The predicted molar refractivity (Wildman–Crippen MR) is 335 cm³/mol. The third-order valence-corrected chi connectivity index (χ3v) is 15.1. The van der Waals surface area contributed by atoms with Crippen molar-refractivity contribution in [2.75, 3.05) is 26.4 Å². The van der Waals surface area contributed by atoms with Crippen LogP contribution < -0.4 is 0 Å². The van der Waals surface area contributed by atoms with E-state index in [2.05, 4.69) is 81.5 Å². The molecular formula is C68H121O11P. The van der Waals surface area contributed by atoms with E-state index >= 15 is 0 Å². The lowest BCUT2D eigenvalue weighted by atomic mass is 10.0. The molecule has 0 radical (unpaired) electrons. The molecule has 11 nitrogen and oxygen atoms in total. The maximum atomic E-state index is 13.0. The van der Waals surface area contributed by atoms with Crippen LogP contribution in [0.25, 0.3) is 0 Å². The topological polar surface area (TPSA) is 155 Å². The molecule has 80 heavy (non-hydrogen) atoms. The zero-order chi connectivity index (χ0) is 58.3. The minimum Gasteiger partial charge on any atom is -0.462 e. The third kappa shape index (κ3) is 59.5. The van der Waals surface area contributed by atoms with Crippen LogP contribution in [-0.2, 0) is 42.2 Å². The van der Waals surface area contributed by atoms with Crippen LogP contribution in [-0.4, -0.2) is 66.5 Å². The molecule has 0 aromatic heterocycles. The van der Waals surface area contributed by atoms with Crippen molar-refractivity contribution in [1.29, 1.82) is 0 Å². The molecule has 0 aromatic rings. The van der Waals surface area contributed by atoms with E-state index in [1.807, 2.05) is 12.2 Å². The van der Waals surface area contributed by atoms with Crippen LogP contribution in [0.3, 0.4) is 0 Å². The quantitative estimate of drug-likeness (QED) is 0.0197. The summed E-state index contributed by atoms with van der Waals surface area (Å²) in [6.07, 6.45) is 71.5. The number of hydrogen-bond acceptors (Lipinski definition) is 10. The fraction of sp³-hybridized carbons (Fsp3) is 0.779. The predicted octanol–water partition coefficient (Wildman–Crippen LogP) is 20.0. The summed E-state index contributed by atoms with van der Waals surface area (Å²) in [4.78, 5) is 48.7. The van der Waals surface area contributed by atoms with Crippen LogP contribution >= 0.6 is 7.82 Å². The van der Waals surface area contributed by atoms with Gasteiger partial charge < -0.3 is 24.2 Å². The van der Waals surface area contributed by atoms with Gasteiger partial charge >= 0.3 is 25.7 Å². The van der Waals surface area contributed by atoms with E-state index in [0.29, 0.717) is 19.3 Å². The Bertz CT molecular complexity index is 1620. The highest BCUT2D eigenvalue weighted by Crippen LogP contribution is 2.43. The molecule has 3 unspecified atom stereocenters. The minimum atomic E-state index is -4.77. The highest BCUT2D eigenvalue weighted by atomic mass is 31.2. The average molecular weight is 1150 g/mol. The summed E-state index contributed by atoms with van der Waals surface area (Å²) < 4.78 is 39.6. The molecule has 0 rings (SSSR count). The molecule has 0 amide bonds. The molecule has 0 aliphatic carbocycles. The number of aliphatic hydroxyl groups excluding tert-OH is 1. The lowest BCUT2D eigenvalue weighted by Gasteiger charge is -2.21. The summed E-state index contributed by atoms with van der Waals surface area (Å²) in [7, 11) is -4.77. The Morgan fingerprint density at radius 2 is 0.650 bits per heavy atom. The molecule has 0 saturated carbocycles. The lowest BCUT2D eigenvalue weighted by Crippen LogP contribution is -2.30. The molecular weight excluding hydrogens is 1020 g/mol. The maximum absolute atomic E-state index is 13.0. The third-order valence-electron chi connectivity index (χ3n) is 14.2. The molecule has 0 spiro atoms. The molecule has 0 aliphatic rings. The minimum absolute atomic E-state index is 0.103. The first kappa shape index (κ1) is 76.9. The summed E-state index contributed by atoms with van der Waals surface area (Å²) in [6, 6.07) is 0. The number of carbonyl (C=O) groups excluding carboxylic acids is 3. The molecule has 3 atom stereocenters. The first-order valence-corrected chi connectivity index (χ1v) is 34.3. The summed E-state index contributed by atoms with van der Waals surface area (Å²) >= 11 is 0. The standard InChI is InChI=1S/C68H121O11P/c1-4-7-10-13-16-19-22-25-28-31-32-35-36-39-42-45-48-51-54-57-66(70)75-61-65(79-68(72)59-56-53-50-47-44-41-38-34-30-27-24-21-18-15-12-9-6-3)63-77-80(73,74)76-62-64(60-69)78-67(71)58-55-52-49-46-43-40-37-33-29-26-23-20-17-14-11-8-5-2/h7,10,16,19,25,28,32,35,39,42,48,51,64-65,69H,4-6,8-9,11-15,17-18,20-24,26-27,29-31,33-34,36-38,40-41,43-47,49-50,52-63H2,1-3H3,(H,73,74)/b10-7-,19-16-,28-25-,35-32-,42-39-,51-48-. The molecule has 0 fully saturated rings. The van der Waals surface area contributed by atoms with Crippen molar-refractivity contribution < 1.29 is 52.2 Å². The zero-order valence-corrected chi connectivity index (χ0v) is 52.4. The number of hydrogen-bond donors (Lipinski definition) is 2. The molecule has 0 heterocycles. The molecule has 464 valence electrons. The van der Waals surface area contributed by atoms with Crippen molar-refractivity contribution in [3.8, 4) is 0 Å². The van der Waals surface area contributed by atoms with Gasteiger partial charge in [-0.2, -0.15) is 0 Å². The second kappa shape index (κ2) is 62.0. The van der Waals surface area contributed by atoms with Gasteiger partial charge in [-0.25, -0.2) is 4.57 Å². The van der Waals surface area contributed by atoms with E-state index in [4.69, 9.17) is 23.3 Å². The van der Waals surface area contributed by atoms with Gasteiger partial charge in [0.15, 0.2) is 6.10 Å². The number of allylic oxidation sites excluding steroid dienone is 12. The molecule has 0 bridgehead atoms. The number of phosphoric acid groups is 1. The van der Waals surface area contributed by atoms with E-state index < -0.39 is 57.8 Å². The fourth-order valence-electron chi connectivity index (χ4n) is 9.21. The monoisotopic (exact) mass is 1140 g/mol. The van der Waals surface area contributed by atoms with E-state index in [0.717, 1.165) is 77.0 Å². The van der Waals surface area contributed by atoms with Crippen LogP contribution in [0.15, 0.2) is 72.9 Å². The molecule has 12 heteroatoms. The first-order chi connectivity index (χ1) is 39.2. The fourth-order valence-corrected chi connectivity index (χ4v) is 9.99. The van der Waals surface area contributed by atoms with Crippen LogP contribution in [0, 0.1) is 0 Å². The van der Waals surface area contributed by atoms with Gasteiger partial charge in [-0.3, -0.25) is 23.4 Å². The van der Waals surface area contributed by atoms with Crippen molar-refractivity contribution in [2.45, 2.75) is 315 Å². The van der Waals surface area contributed by atoms with Gasteiger partial charge in [0, 0.05) is 19.3 Å². The van der Waals surface area contributed by atoms with Gasteiger partial charge in [0.2, 0.25) is 0 Å². The van der Waals surface area contributed by atoms with Crippen LogP contribution in [0.5, 0.6) is 0 Å². The summed E-state index contributed by atoms with van der Waals surface area (Å²) in [5.74, 6) is -1.55. The number of phosphoric ester groups is 1. The molecule has 0 saturated heterocycles. The van der Waals surface area contributed by atoms with Crippen molar-refractivity contribution in [2.24, 2.45) is 0 Å². The van der Waals surface area contributed by atoms with E-state index in [1.165, 1.54) is 167 Å². The highest BCUT2D eigenvalue weighted by molar-refractivity contribution is 7.47. The zero-order valence-electron chi connectivity index (χ0n) is 51.5. The van der Waals surface area contributed by atoms with Gasteiger partial charge in [-0.15, -0.1) is 0 Å². The second-order valence-corrected chi connectivity index (χ2v) is 23.4. The van der Waals surface area contributed by atoms with Gasteiger partial charge in [0.25, 0.3) is 0 Å². The average Bonchev–Trinajstić information content (AvgIpc) is 3.45. The van der Waals surface area contributed by atoms with Gasteiger partial charge in [0.1, 0.15) is 12.7 Å². The Balaban J connectivity index is 4.75. The van der Waals surface area contributed by atoms with Gasteiger partial charge in [-0.1, -0.05) is 299 Å². The van der Waals surface area contributed by atoms with Crippen molar-refractivity contribution in [3.63, 3.8) is 0 Å². The Morgan fingerprint density at radius 3 is 0.975 bits per heavy atom. The lowest BCUT2D eigenvalue weighted by molar-refractivity contribution is -0.161. The Kier molecular flexibility index (Phi) is 59.6. The number of esters is 3. The number of rotatable bonds is 61. The summed E-state index contributed by atoms with van der Waals surface area (Å²) in [5, 5.41) is 9.86. The Hall–Kier alpha value is -3.08. The molecule has 0 aromatic carbocycles. The van der Waals surface area contributed by atoms with Crippen molar-refractivity contribution in [1.82, 2.24) is 0 Å². The molecule has 0 aliphatic heterocycles. The number of carbonyl (C=O) groups is 3. The van der Waals surface area contributed by atoms with Crippen LogP contribution in [0.1, 0.15) is 303 Å².